The number of rotatable bonds is 2. The Morgan fingerprint density at radius 2 is 2.13 bits per heavy atom. The molecular formula is C17H20FN3O2. The summed E-state index contributed by atoms with van der Waals surface area (Å²) in [7, 11) is 0. The lowest BCUT2D eigenvalue weighted by molar-refractivity contribution is 0.0239. The Bertz CT molecular complexity index is 710. The molecular weight excluding hydrogens is 297 g/mol. The van der Waals surface area contributed by atoms with E-state index in [4.69, 9.17) is 4.74 Å². The third-order valence-corrected chi connectivity index (χ3v) is 3.51. The van der Waals surface area contributed by atoms with Crippen LogP contribution in [0.3, 0.4) is 0 Å². The molecule has 0 saturated heterocycles. The first-order valence-electron chi connectivity index (χ1n) is 7.58. The fourth-order valence-electron chi connectivity index (χ4n) is 2.57. The van der Waals surface area contributed by atoms with Crippen molar-refractivity contribution in [1.82, 2.24) is 14.7 Å². The molecule has 1 aliphatic rings. The van der Waals surface area contributed by atoms with Crippen LogP contribution in [0.2, 0.25) is 0 Å². The number of carbonyl (C=O) groups is 1. The van der Waals surface area contributed by atoms with Gasteiger partial charge in [-0.2, -0.15) is 5.10 Å². The lowest BCUT2D eigenvalue weighted by Gasteiger charge is -2.24. The lowest BCUT2D eigenvalue weighted by Crippen LogP contribution is -2.33. The van der Waals surface area contributed by atoms with Crippen molar-refractivity contribution in [2.45, 2.75) is 46.0 Å². The second-order valence-electron chi connectivity index (χ2n) is 6.76. The highest BCUT2D eigenvalue weighted by atomic mass is 19.1. The number of carbonyl (C=O) groups excluding carboxylic acids is 1. The summed E-state index contributed by atoms with van der Waals surface area (Å²) in [4.78, 5) is 13.7. The van der Waals surface area contributed by atoms with E-state index in [1.54, 1.807) is 15.6 Å². The van der Waals surface area contributed by atoms with E-state index in [1.165, 1.54) is 12.1 Å². The molecule has 0 saturated carbocycles. The number of hydrogen-bond donors (Lipinski definition) is 0. The molecule has 23 heavy (non-hydrogen) atoms. The van der Waals surface area contributed by atoms with Crippen LogP contribution in [0.25, 0.3) is 0 Å². The number of nitrogens with zero attached hydrogens (tertiary/aromatic N) is 3. The summed E-state index contributed by atoms with van der Waals surface area (Å²) in [5.41, 5.74) is 2.23. The van der Waals surface area contributed by atoms with E-state index in [0.29, 0.717) is 19.6 Å². The van der Waals surface area contributed by atoms with Gasteiger partial charge in [0, 0.05) is 11.8 Å². The van der Waals surface area contributed by atoms with Crippen LogP contribution < -0.4 is 0 Å². The number of fused-ring (bicyclic) bond motifs is 1. The van der Waals surface area contributed by atoms with E-state index in [0.717, 1.165) is 16.8 Å². The Morgan fingerprint density at radius 1 is 1.35 bits per heavy atom. The van der Waals surface area contributed by atoms with Crippen molar-refractivity contribution in [2.75, 3.05) is 0 Å². The molecule has 2 heterocycles. The van der Waals surface area contributed by atoms with Crippen molar-refractivity contribution in [3.8, 4) is 0 Å². The first-order chi connectivity index (χ1) is 10.8. The number of benzene rings is 1. The average Bonchev–Trinajstić information content (AvgIpc) is 2.94. The summed E-state index contributed by atoms with van der Waals surface area (Å²) in [6, 6.07) is 6.47. The smallest absolute Gasteiger partial charge is 0.410 e. The van der Waals surface area contributed by atoms with Crippen LogP contribution in [0.1, 0.15) is 37.6 Å². The van der Waals surface area contributed by atoms with Gasteiger partial charge in [-0.05, 0) is 38.5 Å². The second kappa shape index (κ2) is 5.68. The second-order valence-corrected chi connectivity index (χ2v) is 6.76. The zero-order valence-corrected chi connectivity index (χ0v) is 13.5. The number of amides is 1. The quantitative estimate of drug-likeness (QED) is 0.853. The Labute approximate surface area is 134 Å². The van der Waals surface area contributed by atoms with Crippen LogP contribution in [-0.2, 0) is 24.4 Å². The third-order valence-electron chi connectivity index (χ3n) is 3.51. The van der Waals surface area contributed by atoms with Gasteiger partial charge in [0.25, 0.3) is 0 Å². The minimum Gasteiger partial charge on any atom is -0.444 e. The molecule has 0 bridgehead atoms. The van der Waals surface area contributed by atoms with Gasteiger partial charge in [0.05, 0.1) is 25.3 Å². The van der Waals surface area contributed by atoms with E-state index in [9.17, 15) is 9.18 Å². The van der Waals surface area contributed by atoms with Crippen LogP contribution in [-0.4, -0.2) is 26.4 Å². The molecule has 2 aromatic rings. The minimum atomic E-state index is -0.506. The molecule has 1 aliphatic heterocycles. The molecule has 5 nitrogen and oxygen atoms in total. The Hall–Kier alpha value is -2.37. The summed E-state index contributed by atoms with van der Waals surface area (Å²) < 4.78 is 20.4. The Kier molecular flexibility index (Phi) is 3.83. The first-order valence-corrected chi connectivity index (χ1v) is 7.58. The Balaban J connectivity index is 1.65. The standard InChI is InChI=1S/C17H20FN3O2/c1-17(2,3)23-16(22)20-9-13-10-21(19-15(13)11-20)8-12-5-4-6-14(18)7-12/h4-7,10H,8-9,11H2,1-3H3. The summed E-state index contributed by atoms with van der Waals surface area (Å²) in [6.07, 6.45) is 1.58. The molecule has 122 valence electrons. The van der Waals surface area contributed by atoms with E-state index in [2.05, 4.69) is 5.10 Å². The van der Waals surface area contributed by atoms with Crippen molar-refractivity contribution in [3.05, 3.63) is 53.1 Å². The fraction of sp³-hybridized carbons (Fsp3) is 0.412. The van der Waals surface area contributed by atoms with Gasteiger partial charge in [-0.3, -0.25) is 9.58 Å². The van der Waals surface area contributed by atoms with Gasteiger partial charge in [-0.1, -0.05) is 12.1 Å². The van der Waals surface area contributed by atoms with Gasteiger partial charge in [0.2, 0.25) is 0 Å². The summed E-state index contributed by atoms with van der Waals surface area (Å²) in [5, 5.41) is 4.49. The molecule has 0 fully saturated rings. The van der Waals surface area contributed by atoms with Gasteiger partial charge in [-0.25, -0.2) is 9.18 Å². The predicted molar refractivity (Wildman–Crippen MR) is 83.2 cm³/mol. The van der Waals surface area contributed by atoms with Crippen molar-refractivity contribution in [3.63, 3.8) is 0 Å². The van der Waals surface area contributed by atoms with Crippen LogP contribution in [0.5, 0.6) is 0 Å². The van der Waals surface area contributed by atoms with Crippen molar-refractivity contribution < 1.29 is 13.9 Å². The minimum absolute atomic E-state index is 0.252. The summed E-state index contributed by atoms with van der Waals surface area (Å²) in [6.45, 7) is 6.99. The van der Waals surface area contributed by atoms with Gasteiger partial charge in [0.1, 0.15) is 11.4 Å². The largest absolute Gasteiger partial charge is 0.444 e. The molecule has 0 N–H and O–H groups in total. The van der Waals surface area contributed by atoms with Gasteiger partial charge < -0.3 is 4.74 Å². The number of aromatic nitrogens is 2. The molecule has 0 aliphatic carbocycles. The SMILES string of the molecule is CC(C)(C)OC(=O)N1Cc2cn(Cc3cccc(F)c3)nc2C1. The summed E-state index contributed by atoms with van der Waals surface area (Å²) in [5.74, 6) is -0.252. The maximum absolute atomic E-state index is 13.2. The van der Waals surface area contributed by atoms with E-state index in [1.807, 2.05) is 33.0 Å². The van der Waals surface area contributed by atoms with E-state index < -0.39 is 5.60 Å². The third kappa shape index (κ3) is 3.70. The molecule has 1 aromatic heterocycles. The molecule has 3 rings (SSSR count). The van der Waals surface area contributed by atoms with E-state index >= 15 is 0 Å². The maximum Gasteiger partial charge on any atom is 0.410 e. The zero-order chi connectivity index (χ0) is 16.6. The first kappa shape index (κ1) is 15.5. The Morgan fingerprint density at radius 3 is 2.78 bits per heavy atom. The zero-order valence-electron chi connectivity index (χ0n) is 13.5. The summed E-state index contributed by atoms with van der Waals surface area (Å²) >= 11 is 0. The average molecular weight is 317 g/mol. The predicted octanol–water partition coefficient (Wildman–Crippen LogP) is 3.32. The molecule has 1 amide bonds. The van der Waals surface area contributed by atoms with E-state index in [-0.39, 0.29) is 11.9 Å². The van der Waals surface area contributed by atoms with Crippen molar-refractivity contribution >= 4 is 6.09 Å². The van der Waals surface area contributed by atoms with Crippen molar-refractivity contribution in [1.29, 1.82) is 0 Å². The fourth-order valence-corrected chi connectivity index (χ4v) is 2.57. The molecule has 0 unspecified atom stereocenters. The molecule has 0 atom stereocenters. The molecule has 0 spiro atoms. The number of ether oxygens (including phenoxy) is 1. The molecule has 6 heteroatoms. The van der Waals surface area contributed by atoms with Gasteiger partial charge >= 0.3 is 6.09 Å². The topological polar surface area (TPSA) is 47.4 Å². The van der Waals surface area contributed by atoms with Crippen LogP contribution in [0.4, 0.5) is 9.18 Å². The highest BCUT2D eigenvalue weighted by Crippen LogP contribution is 2.23. The van der Waals surface area contributed by atoms with Gasteiger partial charge in [0.15, 0.2) is 0 Å². The van der Waals surface area contributed by atoms with Gasteiger partial charge in [-0.15, -0.1) is 0 Å². The van der Waals surface area contributed by atoms with Crippen LogP contribution in [0, 0.1) is 5.82 Å². The van der Waals surface area contributed by atoms with Crippen LogP contribution in [0.15, 0.2) is 30.5 Å². The number of hydrogen-bond acceptors (Lipinski definition) is 3. The molecule has 0 radical (unpaired) electrons. The lowest BCUT2D eigenvalue weighted by atomic mass is 10.2. The maximum atomic E-state index is 13.2. The number of halogens is 1. The highest BCUT2D eigenvalue weighted by Gasteiger charge is 2.29. The highest BCUT2D eigenvalue weighted by molar-refractivity contribution is 5.69. The molecule has 1 aromatic carbocycles. The van der Waals surface area contributed by atoms with Crippen LogP contribution >= 0.6 is 0 Å². The monoisotopic (exact) mass is 317 g/mol. The normalized spacial score (nSPS) is 14.0. The van der Waals surface area contributed by atoms with Crippen molar-refractivity contribution in [2.24, 2.45) is 0 Å².